The quantitative estimate of drug-likeness (QED) is 0.778. The summed E-state index contributed by atoms with van der Waals surface area (Å²) in [5.74, 6) is -0.823. The Kier molecular flexibility index (Phi) is 2.87. The zero-order valence-corrected chi connectivity index (χ0v) is 8.70. The second-order valence-corrected chi connectivity index (χ2v) is 3.94. The van der Waals surface area contributed by atoms with E-state index >= 15 is 0 Å². The van der Waals surface area contributed by atoms with Gasteiger partial charge in [-0.25, -0.2) is 4.40 Å². The van der Waals surface area contributed by atoms with Crippen LogP contribution in [-0.2, 0) is 4.79 Å². The molecule has 4 heteroatoms. The van der Waals surface area contributed by atoms with Crippen molar-refractivity contribution >= 4 is 29.7 Å². The van der Waals surface area contributed by atoms with Crippen molar-refractivity contribution in [3.8, 4) is 0 Å². The SMILES string of the molecule is O=C(O)CC1=CC=NSc2ccccc21. The highest BCUT2D eigenvalue weighted by Crippen LogP contribution is 2.32. The van der Waals surface area contributed by atoms with E-state index in [9.17, 15) is 4.79 Å². The van der Waals surface area contributed by atoms with Crippen LogP contribution in [0.2, 0.25) is 0 Å². The number of allylic oxidation sites excluding steroid dienone is 1. The monoisotopic (exact) mass is 219 g/mol. The molecule has 0 atom stereocenters. The predicted octanol–water partition coefficient (Wildman–Crippen LogP) is 2.64. The summed E-state index contributed by atoms with van der Waals surface area (Å²) < 4.78 is 4.09. The van der Waals surface area contributed by atoms with Crippen LogP contribution in [0, 0.1) is 0 Å². The molecule has 0 aromatic heterocycles. The molecular weight excluding hydrogens is 210 g/mol. The second-order valence-electron chi connectivity index (χ2n) is 3.10. The van der Waals surface area contributed by atoms with Crippen molar-refractivity contribution in [1.82, 2.24) is 0 Å². The molecule has 0 saturated heterocycles. The molecule has 76 valence electrons. The number of benzene rings is 1. The Bertz CT molecular complexity index is 452. The van der Waals surface area contributed by atoms with Gasteiger partial charge in [-0.05, 0) is 23.3 Å². The number of hydrogen-bond donors (Lipinski definition) is 1. The van der Waals surface area contributed by atoms with Gasteiger partial charge in [0.2, 0.25) is 0 Å². The Morgan fingerprint density at radius 2 is 2.20 bits per heavy atom. The van der Waals surface area contributed by atoms with Gasteiger partial charge >= 0.3 is 5.97 Å². The van der Waals surface area contributed by atoms with Gasteiger partial charge in [-0.15, -0.1) is 0 Å². The lowest BCUT2D eigenvalue weighted by atomic mass is 10.0. The fourth-order valence-corrected chi connectivity index (χ4v) is 2.10. The maximum Gasteiger partial charge on any atom is 0.307 e. The normalized spacial score (nSPS) is 14.0. The van der Waals surface area contributed by atoms with E-state index in [0.717, 1.165) is 16.0 Å². The van der Waals surface area contributed by atoms with E-state index < -0.39 is 5.97 Å². The van der Waals surface area contributed by atoms with Gasteiger partial charge in [0, 0.05) is 23.1 Å². The summed E-state index contributed by atoms with van der Waals surface area (Å²) in [4.78, 5) is 11.7. The smallest absolute Gasteiger partial charge is 0.307 e. The van der Waals surface area contributed by atoms with Crippen LogP contribution in [0.1, 0.15) is 12.0 Å². The molecule has 1 N–H and O–H groups in total. The van der Waals surface area contributed by atoms with Gasteiger partial charge in [0.1, 0.15) is 0 Å². The highest BCUT2D eigenvalue weighted by Gasteiger charge is 2.12. The predicted molar refractivity (Wildman–Crippen MR) is 61.0 cm³/mol. The average Bonchev–Trinajstić information content (AvgIpc) is 2.41. The number of carbonyl (C=O) groups is 1. The first-order valence-electron chi connectivity index (χ1n) is 4.48. The van der Waals surface area contributed by atoms with Crippen LogP contribution in [0.3, 0.4) is 0 Å². The average molecular weight is 219 g/mol. The first-order chi connectivity index (χ1) is 7.27. The number of carboxylic acids is 1. The van der Waals surface area contributed by atoms with E-state index in [1.54, 1.807) is 12.3 Å². The van der Waals surface area contributed by atoms with E-state index in [0.29, 0.717) is 0 Å². The Morgan fingerprint density at radius 3 is 3.00 bits per heavy atom. The van der Waals surface area contributed by atoms with Crippen LogP contribution < -0.4 is 0 Å². The van der Waals surface area contributed by atoms with Crippen molar-refractivity contribution in [2.45, 2.75) is 11.3 Å². The van der Waals surface area contributed by atoms with Crippen LogP contribution in [0.5, 0.6) is 0 Å². The number of nitrogens with zero attached hydrogens (tertiary/aromatic N) is 1. The standard InChI is InChI=1S/C11H9NO2S/c13-11(14)7-8-5-6-12-15-10-4-2-1-3-9(8)10/h1-6H,7H2,(H,13,14). The van der Waals surface area contributed by atoms with Crippen LogP contribution in [0.25, 0.3) is 5.57 Å². The lowest BCUT2D eigenvalue weighted by molar-refractivity contribution is -0.135. The fourth-order valence-electron chi connectivity index (χ4n) is 1.43. The summed E-state index contributed by atoms with van der Waals surface area (Å²) in [5.41, 5.74) is 1.76. The topological polar surface area (TPSA) is 49.7 Å². The molecule has 0 spiro atoms. The van der Waals surface area contributed by atoms with Crippen molar-refractivity contribution < 1.29 is 9.90 Å². The molecule has 0 aliphatic carbocycles. The van der Waals surface area contributed by atoms with Gasteiger partial charge in [0.25, 0.3) is 0 Å². The van der Waals surface area contributed by atoms with Crippen molar-refractivity contribution in [2.75, 3.05) is 0 Å². The molecule has 0 unspecified atom stereocenters. The summed E-state index contributed by atoms with van der Waals surface area (Å²) >= 11 is 1.36. The van der Waals surface area contributed by atoms with Gasteiger partial charge in [-0.3, -0.25) is 4.79 Å². The molecule has 0 radical (unpaired) electrons. The van der Waals surface area contributed by atoms with E-state index in [4.69, 9.17) is 5.11 Å². The van der Waals surface area contributed by atoms with Crippen molar-refractivity contribution in [3.63, 3.8) is 0 Å². The zero-order valence-electron chi connectivity index (χ0n) is 7.88. The Morgan fingerprint density at radius 1 is 1.40 bits per heavy atom. The summed E-state index contributed by atoms with van der Waals surface area (Å²) in [7, 11) is 0. The highest BCUT2D eigenvalue weighted by molar-refractivity contribution is 7.98. The number of rotatable bonds is 2. The minimum atomic E-state index is -0.823. The molecular formula is C11H9NO2S. The lowest BCUT2D eigenvalue weighted by Gasteiger charge is -2.06. The minimum absolute atomic E-state index is 0.0313. The van der Waals surface area contributed by atoms with Crippen molar-refractivity contribution in [2.24, 2.45) is 4.40 Å². The van der Waals surface area contributed by atoms with Crippen molar-refractivity contribution in [3.05, 3.63) is 35.9 Å². The van der Waals surface area contributed by atoms with E-state index in [1.165, 1.54) is 11.9 Å². The molecule has 1 aromatic rings. The van der Waals surface area contributed by atoms with E-state index in [1.807, 2.05) is 24.3 Å². The minimum Gasteiger partial charge on any atom is -0.481 e. The number of fused-ring (bicyclic) bond motifs is 1. The van der Waals surface area contributed by atoms with Crippen LogP contribution >= 0.6 is 11.9 Å². The first-order valence-corrected chi connectivity index (χ1v) is 5.25. The zero-order chi connectivity index (χ0) is 10.7. The Labute approximate surface area is 91.7 Å². The van der Waals surface area contributed by atoms with Gasteiger partial charge in [-0.2, -0.15) is 0 Å². The third kappa shape index (κ3) is 2.27. The van der Waals surface area contributed by atoms with Gasteiger partial charge < -0.3 is 5.11 Å². The van der Waals surface area contributed by atoms with Gasteiger partial charge in [0.05, 0.1) is 6.42 Å². The molecule has 3 nitrogen and oxygen atoms in total. The first kappa shape index (κ1) is 9.98. The van der Waals surface area contributed by atoms with E-state index in [2.05, 4.69) is 4.40 Å². The Hall–Kier alpha value is -1.55. The van der Waals surface area contributed by atoms with Gasteiger partial charge in [-0.1, -0.05) is 18.2 Å². The van der Waals surface area contributed by atoms with Gasteiger partial charge in [0.15, 0.2) is 0 Å². The summed E-state index contributed by atoms with van der Waals surface area (Å²) in [6.07, 6.45) is 3.43. The molecule has 1 aliphatic rings. The number of aliphatic carboxylic acids is 1. The molecule has 1 aliphatic heterocycles. The maximum atomic E-state index is 10.7. The molecule has 0 amide bonds. The maximum absolute atomic E-state index is 10.7. The van der Waals surface area contributed by atoms with E-state index in [-0.39, 0.29) is 6.42 Å². The number of carboxylic acid groups (broad SMARTS) is 1. The molecule has 2 rings (SSSR count). The largest absolute Gasteiger partial charge is 0.481 e. The van der Waals surface area contributed by atoms with Crippen LogP contribution in [-0.4, -0.2) is 17.3 Å². The third-order valence-corrected chi connectivity index (χ3v) is 2.84. The molecule has 0 bridgehead atoms. The highest BCUT2D eigenvalue weighted by atomic mass is 32.2. The van der Waals surface area contributed by atoms with Crippen molar-refractivity contribution in [1.29, 1.82) is 0 Å². The molecule has 0 saturated carbocycles. The number of hydrogen-bond acceptors (Lipinski definition) is 3. The van der Waals surface area contributed by atoms with Crippen LogP contribution in [0.15, 0.2) is 39.6 Å². The molecule has 1 aromatic carbocycles. The summed E-state index contributed by atoms with van der Waals surface area (Å²) in [5, 5.41) is 8.79. The molecule has 15 heavy (non-hydrogen) atoms. The third-order valence-electron chi connectivity index (χ3n) is 2.06. The van der Waals surface area contributed by atoms with Crippen LogP contribution in [0.4, 0.5) is 0 Å². The molecule has 0 fully saturated rings. The summed E-state index contributed by atoms with van der Waals surface area (Å²) in [6, 6.07) is 7.69. The second kappa shape index (κ2) is 4.31. The Balaban J connectivity index is 2.43. The molecule has 1 heterocycles. The summed E-state index contributed by atoms with van der Waals surface area (Å²) in [6.45, 7) is 0. The lowest BCUT2D eigenvalue weighted by Crippen LogP contribution is -1.97. The fraction of sp³-hybridized carbons (Fsp3) is 0.0909.